The summed E-state index contributed by atoms with van der Waals surface area (Å²) in [6.45, 7) is 3.94. The number of imidazole rings is 1. The molecule has 0 spiro atoms. The summed E-state index contributed by atoms with van der Waals surface area (Å²) in [6, 6.07) is 6.29. The highest BCUT2D eigenvalue weighted by Crippen LogP contribution is 2.46. The van der Waals surface area contributed by atoms with E-state index in [1.807, 2.05) is 32.0 Å². The number of aryl methyl sites for hydroxylation is 2. The Morgan fingerprint density at radius 2 is 1.81 bits per heavy atom. The number of hydrogen-bond donors (Lipinski definition) is 1. The van der Waals surface area contributed by atoms with E-state index in [1.54, 1.807) is 0 Å². The van der Waals surface area contributed by atoms with Crippen molar-refractivity contribution in [2.45, 2.75) is 45.6 Å². The van der Waals surface area contributed by atoms with Crippen molar-refractivity contribution in [3.05, 3.63) is 39.3 Å². The number of nitrogens with one attached hydrogen (secondary N) is 1. The molecular formula is C20H21BrClN5. The minimum Gasteiger partial charge on any atom is -0.365 e. The number of halogens is 2. The van der Waals surface area contributed by atoms with Crippen LogP contribution in [0.4, 0.5) is 5.82 Å². The Hall–Kier alpha value is -1.66. The first-order chi connectivity index (χ1) is 13.0. The van der Waals surface area contributed by atoms with Gasteiger partial charge in [0.05, 0.1) is 5.69 Å². The zero-order valence-corrected chi connectivity index (χ0v) is 17.7. The molecule has 2 heterocycles. The monoisotopic (exact) mass is 445 g/mol. The molecular weight excluding hydrogens is 426 g/mol. The number of benzene rings is 1. The smallest absolute Gasteiger partial charge is 0.170 e. The van der Waals surface area contributed by atoms with E-state index in [0.717, 1.165) is 50.6 Å². The fourth-order valence-electron chi connectivity index (χ4n) is 3.92. The summed E-state index contributed by atoms with van der Waals surface area (Å²) in [5.41, 5.74) is 2.64. The lowest BCUT2D eigenvalue weighted by atomic mass is 10.1. The summed E-state index contributed by atoms with van der Waals surface area (Å²) in [7, 11) is 0. The van der Waals surface area contributed by atoms with Crippen LogP contribution in [-0.2, 0) is 0 Å². The van der Waals surface area contributed by atoms with E-state index in [-0.39, 0.29) is 0 Å². The van der Waals surface area contributed by atoms with Crippen molar-refractivity contribution in [3.8, 4) is 5.69 Å². The van der Waals surface area contributed by atoms with Gasteiger partial charge in [0, 0.05) is 15.5 Å². The van der Waals surface area contributed by atoms with Crippen LogP contribution in [0.25, 0.3) is 16.9 Å². The van der Waals surface area contributed by atoms with Crippen molar-refractivity contribution in [2.24, 2.45) is 11.8 Å². The maximum Gasteiger partial charge on any atom is 0.170 e. The predicted octanol–water partition coefficient (Wildman–Crippen LogP) is 5.45. The lowest BCUT2D eigenvalue weighted by molar-refractivity contribution is 0.566. The first kappa shape index (κ1) is 17.4. The average molecular weight is 447 g/mol. The van der Waals surface area contributed by atoms with E-state index in [1.165, 1.54) is 25.7 Å². The Labute approximate surface area is 171 Å². The second kappa shape index (κ2) is 6.45. The van der Waals surface area contributed by atoms with Crippen LogP contribution < -0.4 is 5.32 Å². The van der Waals surface area contributed by atoms with Crippen molar-refractivity contribution in [1.82, 2.24) is 19.5 Å². The third-order valence-electron chi connectivity index (χ3n) is 5.50. The number of fused-ring (bicyclic) bond motifs is 1. The lowest BCUT2D eigenvalue weighted by Crippen LogP contribution is -2.25. The summed E-state index contributed by atoms with van der Waals surface area (Å²) >= 11 is 9.75. The predicted molar refractivity (Wildman–Crippen MR) is 112 cm³/mol. The van der Waals surface area contributed by atoms with Crippen molar-refractivity contribution >= 4 is 44.5 Å². The number of rotatable bonds is 5. The van der Waals surface area contributed by atoms with E-state index in [2.05, 4.69) is 25.8 Å². The SMILES string of the molecule is Cc1nc(NC(C2CC2)C2CC2)c2nc(C)n(-c3ccc(Cl)cc3Br)c2n1. The van der Waals surface area contributed by atoms with Crippen LogP contribution in [0, 0.1) is 25.7 Å². The Kier molecular flexibility index (Phi) is 4.17. The summed E-state index contributed by atoms with van der Waals surface area (Å²) in [6.07, 6.45) is 5.30. The van der Waals surface area contributed by atoms with Crippen molar-refractivity contribution in [3.63, 3.8) is 0 Å². The molecule has 2 aliphatic rings. The first-order valence-electron chi connectivity index (χ1n) is 9.47. The third kappa shape index (κ3) is 3.23. The standard InChI is InChI=1S/C20H21BrClN5/c1-10-23-19(26-17(12-3-4-12)13-5-6-13)18-20(24-10)27(11(2)25-18)16-8-7-14(22)9-15(16)21/h7-9,12-13,17H,3-6H2,1-2H3,(H,23,24,26). The number of anilines is 1. The van der Waals surface area contributed by atoms with Gasteiger partial charge in [0.2, 0.25) is 0 Å². The molecule has 27 heavy (non-hydrogen) atoms. The summed E-state index contributed by atoms with van der Waals surface area (Å²) in [5, 5.41) is 4.43. The second-order valence-corrected chi connectivity index (χ2v) is 9.02. The molecule has 2 aromatic heterocycles. The van der Waals surface area contributed by atoms with Gasteiger partial charge in [0.25, 0.3) is 0 Å². The zero-order chi connectivity index (χ0) is 18.7. The molecule has 0 unspecified atom stereocenters. The molecule has 2 fully saturated rings. The molecule has 1 aromatic carbocycles. The highest BCUT2D eigenvalue weighted by atomic mass is 79.9. The van der Waals surface area contributed by atoms with Crippen LogP contribution in [0.5, 0.6) is 0 Å². The average Bonchev–Trinajstić information content (AvgIpc) is 3.51. The van der Waals surface area contributed by atoms with E-state index in [9.17, 15) is 0 Å². The third-order valence-corrected chi connectivity index (χ3v) is 6.37. The fraction of sp³-hybridized carbons (Fsp3) is 0.450. The van der Waals surface area contributed by atoms with Crippen molar-refractivity contribution < 1.29 is 0 Å². The molecule has 5 rings (SSSR count). The van der Waals surface area contributed by atoms with Crippen LogP contribution in [0.15, 0.2) is 22.7 Å². The van der Waals surface area contributed by atoms with Gasteiger partial charge < -0.3 is 5.32 Å². The Bertz CT molecular complexity index is 1030. The molecule has 5 nitrogen and oxygen atoms in total. The van der Waals surface area contributed by atoms with Crippen LogP contribution in [0.2, 0.25) is 5.02 Å². The van der Waals surface area contributed by atoms with Gasteiger partial charge in [-0.1, -0.05) is 11.6 Å². The molecule has 140 valence electrons. The minimum atomic E-state index is 0.523. The first-order valence-corrected chi connectivity index (χ1v) is 10.6. The van der Waals surface area contributed by atoms with Crippen LogP contribution >= 0.6 is 27.5 Å². The molecule has 2 aliphatic carbocycles. The van der Waals surface area contributed by atoms with Crippen LogP contribution in [0.1, 0.15) is 37.3 Å². The van der Waals surface area contributed by atoms with E-state index >= 15 is 0 Å². The molecule has 0 aliphatic heterocycles. The van der Waals surface area contributed by atoms with Crippen LogP contribution in [-0.4, -0.2) is 25.6 Å². The normalized spacial score (nSPS) is 17.1. The highest BCUT2D eigenvalue weighted by molar-refractivity contribution is 9.10. The lowest BCUT2D eigenvalue weighted by Gasteiger charge is -2.18. The number of nitrogens with zero attached hydrogens (tertiary/aromatic N) is 4. The molecule has 0 bridgehead atoms. The Morgan fingerprint density at radius 1 is 1.11 bits per heavy atom. The van der Waals surface area contributed by atoms with Gasteiger partial charge in [-0.25, -0.2) is 15.0 Å². The van der Waals surface area contributed by atoms with E-state index in [4.69, 9.17) is 26.6 Å². The maximum atomic E-state index is 6.12. The summed E-state index contributed by atoms with van der Waals surface area (Å²) < 4.78 is 2.98. The highest BCUT2D eigenvalue weighted by Gasteiger charge is 2.42. The van der Waals surface area contributed by atoms with Gasteiger partial charge in [0.15, 0.2) is 17.0 Å². The summed E-state index contributed by atoms with van der Waals surface area (Å²) in [4.78, 5) is 14.3. The number of hydrogen-bond acceptors (Lipinski definition) is 4. The van der Waals surface area contributed by atoms with Crippen LogP contribution in [0.3, 0.4) is 0 Å². The number of aromatic nitrogens is 4. The zero-order valence-electron chi connectivity index (χ0n) is 15.3. The largest absolute Gasteiger partial charge is 0.365 e. The van der Waals surface area contributed by atoms with Gasteiger partial charge in [-0.2, -0.15) is 0 Å². The van der Waals surface area contributed by atoms with Gasteiger partial charge >= 0.3 is 0 Å². The molecule has 0 atom stereocenters. The molecule has 1 N–H and O–H groups in total. The molecule has 3 aromatic rings. The maximum absolute atomic E-state index is 6.12. The Morgan fingerprint density at radius 3 is 2.44 bits per heavy atom. The molecule has 0 amide bonds. The fourth-order valence-corrected chi connectivity index (χ4v) is 4.78. The quantitative estimate of drug-likeness (QED) is 0.566. The summed E-state index contributed by atoms with van der Waals surface area (Å²) in [5.74, 6) is 4.08. The minimum absolute atomic E-state index is 0.523. The molecule has 0 saturated heterocycles. The Balaban J connectivity index is 1.64. The van der Waals surface area contributed by atoms with E-state index < -0.39 is 0 Å². The molecule has 7 heteroatoms. The van der Waals surface area contributed by atoms with E-state index in [0.29, 0.717) is 11.1 Å². The van der Waals surface area contributed by atoms with Gasteiger partial charge in [-0.15, -0.1) is 0 Å². The topological polar surface area (TPSA) is 55.6 Å². The molecule has 0 radical (unpaired) electrons. The van der Waals surface area contributed by atoms with Gasteiger partial charge in [-0.05, 0) is 85.5 Å². The molecule has 2 saturated carbocycles. The van der Waals surface area contributed by atoms with Crippen molar-refractivity contribution in [2.75, 3.05) is 5.32 Å². The van der Waals surface area contributed by atoms with Crippen molar-refractivity contribution in [1.29, 1.82) is 0 Å². The van der Waals surface area contributed by atoms with Gasteiger partial charge in [-0.3, -0.25) is 4.57 Å². The van der Waals surface area contributed by atoms with Gasteiger partial charge in [0.1, 0.15) is 11.6 Å². The second-order valence-electron chi connectivity index (χ2n) is 7.73.